The normalized spacial score (nSPS) is 11.2. The molecule has 1 rings (SSSR count). The lowest BCUT2D eigenvalue weighted by Gasteiger charge is -2.10. The van der Waals surface area contributed by atoms with Crippen LogP contribution in [0.1, 0.15) is 31.4 Å². The molecule has 1 aromatic carbocycles. The molecule has 0 fully saturated rings. The van der Waals surface area contributed by atoms with Gasteiger partial charge in [-0.1, -0.05) is 41.9 Å². The summed E-state index contributed by atoms with van der Waals surface area (Å²) >= 11 is 3.56. The van der Waals surface area contributed by atoms with Gasteiger partial charge in [0.1, 0.15) is 0 Å². The number of halogens is 1. The Labute approximate surface area is 120 Å². The van der Waals surface area contributed by atoms with Crippen molar-refractivity contribution in [2.24, 2.45) is 5.92 Å². The summed E-state index contributed by atoms with van der Waals surface area (Å²) in [5.41, 5.74) is 2.71. The minimum absolute atomic E-state index is 0.738. The zero-order valence-corrected chi connectivity index (χ0v) is 13.3. The van der Waals surface area contributed by atoms with Crippen LogP contribution in [0.5, 0.6) is 0 Å². The molecule has 1 aromatic rings. The molecular formula is C15H25BrN2. The molecule has 0 atom stereocenters. The molecule has 0 aliphatic rings. The van der Waals surface area contributed by atoms with E-state index in [1.54, 1.807) is 0 Å². The van der Waals surface area contributed by atoms with E-state index in [0.717, 1.165) is 32.1 Å². The van der Waals surface area contributed by atoms with Crippen molar-refractivity contribution in [2.45, 2.75) is 33.7 Å². The Morgan fingerprint density at radius 3 is 2.61 bits per heavy atom. The van der Waals surface area contributed by atoms with E-state index in [4.69, 9.17) is 0 Å². The molecule has 0 aliphatic heterocycles. The zero-order chi connectivity index (χ0) is 13.4. The zero-order valence-electron chi connectivity index (χ0n) is 11.7. The van der Waals surface area contributed by atoms with Crippen LogP contribution in [0, 0.1) is 12.8 Å². The predicted molar refractivity (Wildman–Crippen MR) is 82.9 cm³/mol. The van der Waals surface area contributed by atoms with E-state index in [2.05, 4.69) is 65.5 Å². The van der Waals surface area contributed by atoms with Crippen molar-refractivity contribution in [3.63, 3.8) is 0 Å². The largest absolute Gasteiger partial charge is 0.316 e. The molecular weight excluding hydrogens is 288 g/mol. The number of hydrogen-bond donors (Lipinski definition) is 2. The first-order valence-electron chi connectivity index (χ1n) is 6.76. The lowest BCUT2D eigenvalue weighted by molar-refractivity contribution is 0.530. The second kappa shape index (κ2) is 8.68. The first-order valence-corrected chi connectivity index (χ1v) is 7.56. The Balaban J connectivity index is 2.13. The van der Waals surface area contributed by atoms with Crippen molar-refractivity contribution in [2.75, 3.05) is 19.6 Å². The van der Waals surface area contributed by atoms with Gasteiger partial charge < -0.3 is 10.6 Å². The summed E-state index contributed by atoms with van der Waals surface area (Å²) in [6.07, 6.45) is 1.18. The van der Waals surface area contributed by atoms with Crippen molar-refractivity contribution in [1.82, 2.24) is 10.6 Å². The fourth-order valence-corrected chi connectivity index (χ4v) is 2.20. The summed E-state index contributed by atoms with van der Waals surface area (Å²) in [4.78, 5) is 0. The van der Waals surface area contributed by atoms with Gasteiger partial charge in [-0.3, -0.25) is 0 Å². The lowest BCUT2D eigenvalue weighted by Crippen LogP contribution is -2.24. The Bertz CT molecular complexity index is 350. The molecule has 3 heteroatoms. The van der Waals surface area contributed by atoms with Crippen molar-refractivity contribution in [3.05, 3.63) is 33.8 Å². The van der Waals surface area contributed by atoms with E-state index in [1.165, 1.54) is 22.0 Å². The van der Waals surface area contributed by atoms with Gasteiger partial charge in [0.2, 0.25) is 0 Å². The van der Waals surface area contributed by atoms with Crippen molar-refractivity contribution >= 4 is 15.9 Å². The molecule has 0 amide bonds. The van der Waals surface area contributed by atoms with E-state index in [-0.39, 0.29) is 0 Å². The summed E-state index contributed by atoms with van der Waals surface area (Å²) < 4.78 is 1.19. The average Bonchev–Trinajstić information content (AvgIpc) is 2.32. The summed E-state index contributed by atoms with van der Waals surface area (Å²) in [5, 5.41) is 6.95. The Hall–Kier alpha value is -0.380. The van der Waals surface area contributed by atoms with E-state index in [1.807, 2.05) is 0 Å². The van der Waals surface area contributed by atoms with Crippen LogP contribution in [-0.4, -0.2) is 19.6 Å². The molecule has 0 saturated carbocycles. The van der Waals surface area contributed by atoms with Gasteiger partial charge in [0.25, 0.3) is 0 Å². The van der Waals surface area contributed by atoms with Crippen LogP contribution in [0.3, 0.4) is 0 Å². The highest BCUT2D eigenvalue weighted by Gasteiger charge is 2.00. The molecule has 102 valence electrons. The molecule has 0 saturated heterocycles. The first kappa shape index (κ1) is 15.7. The van der Waals surface area contributed by atoms with Gasteiger partial charge in [-0.05, 0) is 56.1 Å². The Morgan fingerprint density at radius 2 is 1.89 bits per heavy atom. The van der Waals surface area contributed by atoms with Crippen LogP contribution in [0.2, 0.25) is 0 Å². The molecule has 18 heavy (non-hydrogen) atoms. The topological polar surface area (TPSA) is 24.1 Å². The maximum Gasteiger partial charge on any atom is 0.0208 e. The van der Waals surface area contributed by atoms with Crippen LogP contribution in [-0.2, 0) is 6.54 Å². The van der Waals surface area contributed by atoms with Gasteiger partial charge in [0.15, 0.2) is 0 Å². The quantitative estimate of drug-likeness (QED) is 0.718. The Kier molecular flexibility index (Phi) is 7.56. The van der Waals surface area contributed by atoms with Crippen LogP contribution in [0.4, 0.5) is 0 Å². The third-order valence-corrected chi connectivity index (χ3v) is 3.81. The fraction of sp³-hybridized carbons (Fsp3) is 0.600. The third kappa shape index (κ3) is 5.98. The highest BCUT2D eigenvalue weighted by Crippen LogP contribution is 2.18. The van der Waals surface area contributed by atoms with Crippen molar-refractivity contribution in [1.29, 1.82) is 0 Å². The first-order chi connectivity index (χ1) is 8.61. The molecule has 0 spiro atoms. The Morgan fingerprint density at radius 1 is 1.17 bits per heavy atom. The van der Waals surface area contributed by atoms with Crippen LogP contribution >= 0.6 is 15.9 Å². The number of rotatable bonds is 8. The smallest absolute Gasteiger partial charge is 0.0208 e. The van der Waals surface area contributed by atoms with Crippen molar-refractivity contribution < 1.29 is 0 Å². The predicted octanol–water partition coefficient (Wildman–Crippen LogP) is 3.48. The van der Waals surface area contributed by atoms with Crippen LogP contribution < -0.4 is 10.6 Å². The third-order valence-electron chi connectivity index (χ3n) is 2.96. The molecule has 0 aliphatic carbocycles. The van der Waals surface area contributed by atoms with Gasteiger partial charge in [0, 0.05) is 11.0 Å². The number of nitrogens with one attached hydrogen (secondary N) is 2. The fourth-order valence-electron chi connectivity index (χ4n) is 1.80. The molecule has 2 N–H and O–H groups in total. The van der Waals surface area contributed by atoms with E-state index >= 15 is 0 Å². The van der Waals surface area contributed by atoms with Crippen molar-refractivity contribution in [3.8, 4) is 0 Å². The highest BCUT2D eigenvalue weighted by atomic mass is 79.9. The van der Waals surface area contributed by atoms with Crippen LogP contribution in [0.25, 0.3) is 0 Å². The van der Waals surface area contributed by atoms with Gasteiger partial charge in [-0.25, -0.2) is 0 Å². The summed E-state index contributed by atoms with van der Waals surface area (Å²) in [6, 6.07) is 6.37. The minimum atomic E-state index is 0.738. The lowest BCUT2D eigenvalue weighted by atomic mass is 10.1. The van der Waals surface area contributed by atoms with Gasteiger partial charge in [0.05, 0.1) is 0 Å². The molecule has 0 bridgehead atoms. The SMILES string of the molecule is Cc1c(Br)cccc1CNCCCNCC(C)C. The molecule has 0 aromatic heterocycles. The second-order valence-electron chi connectivity index (χ2n) is 5.15. The molecule has 0 radical (unpaired) electrons. The minimum Gasteiger partial charge on any atom is -0.316 e. The maximum atomic E-state index is 3.56. The average molecular weight is 313 g/mol. The van der Waals surface area contributed by atoms with Gasteiger partial charge >= 0.3 is 0 Å². The number of hydrogen-bond acceptors (Lipinski definition) is 2. The van der Waals surface area contributed by atoms with E-state index in [0.29, 0.717) is 0 Å². The molecule has 0 heterocycles. The van der Waals surface area contributed by atoms with E-state index in [9.17, 15) is 0 Å². The number of benzene rings is 1. The molecule has 0 unspecified atom stereocenters. The van der Waals surface area contributed by atoms with Crippen LogP contribution in [0.15, 0.2) is 22.7 Å². The maximum absolute atomic E-state index is 3.56. The monoisotopic (exact) mass is 312 g/mol. The summed E-state index contributed by atoms with van der Waals surface area (Å²) in [6.45, 7) is 10.9. The van der Waals surface area contributed by atoms with Gasteiger partial charge in [-0.2, -0.15) is 0 Å². The highest BCUT2D eigenvalue weighted by molar-refractivity contribution is 9.10. The second-order valence-corrected chi connectivity index (χ2v) is 6.01. The standard InChI is InChI=1S/C15H25BrN2/c1-12(2)10-17-8-5-9-18-11-14-6-4-7-15(16)13(14)3/h4,6-7,12,17-18H,5,8-11H2,1-3H3. The summed E-state index contributed by atoms with van der Waals surface area (Å²) in [5.74, 6) is 0.738. The summed E-state index contributed by atoms with van der Waals surface area (Å²) in [7, 11) is 0. The van der Waals surface area contributed by atoms with Gasteiger partial charge in [-0.15, -0.1) is 0 Å². The molecule has 2 nitrogen and oxygen atoms in total. The van der Waals surface area contributed by atoms with E-state index < -0.39 is 0 Å².